The predicted molar refractivity (Wildman–Crippen MR) is 110 cm³/mol. The van der Waals surface area contributed by atoms with Gasteiger partial charge in [0, 0.05) is 52.1 Å². The van der Waals surface area contributed by atoms with Crippen molar-refractivity contribution >= 4 is 62.1 Å². The van der Waals surface area contributed by atoms with Crippen LogP contribution in [-0.4, -0.2) is 31.4 Å². The number of benzene rings is 2. The molecular formula is C15H13I2NO7S. The molecule has 0 aromatic heterocycles. The summed E-state index contributed by atoms with van der Waals surface area (Å²) in [6.45, 7) is 0. The maximum atomic E-state index is 11.2. The van der Waals surface area contributed by atoms with Crippen molar-refractivity contribution in [2.24, 2.45) is 0 Å². The second kappa shape index (κ2) is 9.16. The minimum Gasteiger partial charge on any atom is -0.480 e. The van der Waals surface area contributed by atoms with E-state index in [-0.39, 0.29) is 5.75 Å². The van der Waals surface area contributed by atoms with E-state index in [1.165, 1.54) is 24.3 Å². The number of hydrogen-bond acceptors (Lipinski definition) is 6. The summed E-state index contributed by atoms with van der Waals surface area (Å²) in [5.41, 5.74) is 0.847. The van der Waals surface area contributed by atoms with Crippen LogP contribution in [0, 0.1) is 0 Å². The Morgan fingerprint density at radius 1 is 1.00 bits per heavy atom. The first-order valence-electron chi connectivity index (χ1n) is 7.01. The highest BCUT2D eigenvalue weighted by Gasteiger charge is 2.22. The Morgan fingerprint density at radius 3 is 1.88 bits per heavy atom. The van der Waals surface area contributed by atoms with E-state index < -0.39 is 22.4 Å². The summed E-state index contributed by atoms with van der Waals surface area (Å²) in [6, 6.07) is 12.0. The maximum Gasteiger partial charge on any atom is 0.446 e. The lowest BCUT2D eigenvalue weighted by Gasteiger charge is -2.16. The van der Waals surface area contributed by atoms with E-state index in [0.717, 1.165) is 5.56 Å². The van der Waals surface area contributed by atoms with Gasteiger partial charge in [0.2, 0.25) is 0 Å². The van der Waals surface area contributed by atoms with E-state index in [2.05, 4.69) is 4.18 Å². The topological polar surface area (TPSA) is 113 Å². The zero-order valence-corrected chi connectivity index (χ0v) is 18.1. The third-order valence-electron chi connectivity index (χ3n) is 3.13. The van der Waals surface area contributed by atoms with Crippen LogP contribution in [0.2, 0.25) is 0 Å². The van der Waals surface area contributed by atoms with Crippen molar-refractivity contribution in [2.45, 2.75) is 12.5 Å². The van der Waals surface area contributed by atoms with Crippen LogP contribution in [0.15, 0.2) is 48.5 Å². The highest BCUT2D eigenvalue weighted by Crippen LogP contribution is 2.25. The molecule has 0 heterocycles. The second-order valence-electron chi connectivity index (χ2n) is 5.05. The SMILES string of the molecule is O=C(O)[C@H](Cc1ccc(Oc2ccc(OS(=O)(=O)O)cc2)cc1)N(I)I. The fourth-order valence-corrected chi connectivity index (χ4v) is 3.20. The average molecular weight is 605 g/mol. The number of carboxylic acids is 1. The van der Waals surface area contributed by atoms with Gasteiger partial charge in [-0.25, -0.2) is 0 Å². The third-order valence-corrected chi connectivity index (χ3v) is 4.88. The molecule has 0 unspecified atom stereocenters. The fourth-order valence-electron chi connectivity index (χ4n) is 1.98. The van der Waals surface area contributed by atoms with Crippen LogP contribution in [0.1, 0.15) is 5.56 Å². The molecule has 140 valence electrons. The van der Waals surface area contributed by atoms with Crippen LogP contribution in [-0.2, 0) is 21.6 Å². The smallest absolute Gasteiger partial charge is 0.446 e. The zero-order chi connectivity index (χ0) is 19.3. The molecule has 0 aliphatic rings. The van der Waals surface area contributed by atoms with Gasteiger partial charge in [0.15, 0.2) is 0 Å². The maximum absolute atomic E-state index is 11.2. The average Bonchev–Trinajstić information content (AvgIpc) is 2.54. The summed E-state index contributed by atoms with van der Waals surface area (Å²) in [4.78, 5) is 11.2. The molecule has 0 bridgehead atoms. The third kappa shape index (κ3) is 6.86. The molecular weight excluding hydrogens is 592 g/mol. The molecule has 0 aliphatic heterocycles. The molecule has 2 N–H and O–H groups in total. The Balaban J connectivity index is 2.01. The number of rotatable bonds is 8. The van der Waals surface area contributed by atoms with Gasteiger partial charge in [-0.2, -0.15) is 9.74 Å². The zero-order valence-electron chi connectivity index (χ0n) is 13.0. The first kappa shape index (κ1) is 21.1. The van der Waals surface area contributed by atoms with E-state index in [0.29, 0.717) is 17.9 Å². The minimum absolute atomic E-state index is 0.0444. The molecule has 0 saturated heterocycles. The Kier molecular flexibility index (Phi) is 7.45. The standard InChI is InChI=1S/C15H13I2NO7S/c16-18(17)14(15(19)20)9-10-1-3-11(4-2-10)24-12-5-7-13(8-6-12)25-26(21,22)23/h1-8,14H,9H2,(H,19,20)(H,21,22,23)/t14-/m0/s1. The molecule has 0 aliphatic carbocycles. The second-order valence-corrected chi connectivity index (χ2v) is 9.99. The van der Waals surface area contributed by atoms with Crippen LogP contribution in [0.5, 0.6) is 17.2 Å². The molecule has 11 heteroatoms. The van der Waals surface area contributed by atoms with Crippen LogP contribution < -0.4 is 8.92 Å². The predicted octanol–water partition coefficient (Wildman–Crippen LogP) is 3.66. The van der Waals surface area contributed by atoms with E-state index in [4.69, 9.17) is 9.29 Å². The molecule has 1 atom stereocenters. The summed E-state index contributed by atoms with van der Waals surface area (Å²) in [6.07, 6.45) is 0.350. The molecule has 8 nitrogen and oxygen atoms in total. The van der Waals surface area contributed by atoms with Gasteiger partial charge in [-0.15, -0.1) is 0 Å². The Hall–Kier alpha value is -1.16. The van der Waals surface area contributed by atoms with Crippen molar-refractivity contribution in [3.63, 3.8) is 0 Å². The Bertz CT molecular complexity index is 855. The van der Waals surface area contributed by atoms with Crippen molar-refractivity contribution < 1.29 is 31.8 Å². The number of ether oxygens (including phenoxy) is 1. The number of halogens is 2. The van der Waals surface area contributed by atoms with Crippen LogP contribution in [0.25, 0.3) is 0 Å². The summed E-state index contributed by atoms with van der Waals surface area (Å²) < 4.78 is 41.4. The lowest BCUT2D eigenvalue weighted by Crippen LogP contribution is -2.30. The first-order valence-corrected chi connectivity index (χ1v) is 10.3. The van der Waals surface area contributed by atoms with E-state index >= 15 is 0 Å². The molecule has 2 aromatic carbocycles. The van der Waals surface area contributed by atoms with Gasteiger partial charge < -0.3 is 14.0 Å². The Morgan fingerprint density at radius 2 is 1.46 bits per heavy atom. The minimum atomic E-state index is -4.56. The van der Waals surface area contributed by atoms with Crippen LogP contribution in [0.3, 0.4) is 0 Å². The van der Waals surface area contributed by atoms with E-state index in [1.54, 1.807) is 25.6 Å². The highest BCUT2D eigenvalue weighted by atomic mass is 127. The van der Waals surface area contributed by atoms with Crippen molar-refractivity contribution in [1.82, 2.24) is 1.33 Å². The van der Waals surface area contributed by atoms with Crippen molar-refractivity contribution in [2.75, 3.05) is 0 Å². The number of carbonyl (C=O) groups is 1. The largest absolute Gasteiger partial charge is 0.480 e. The van der Waals surface area contributed by atoms with Gasteiger partial charge >= 0.3 is 16.4 Å². The number of hydrogen-bond donors (Lipinski definition) is 2. The molecule has 0 spiro atoms. The van der Waals surface area contributed by atoms with Gasteiger partial charge in [-0.1, -0.05) is 12.1 Å². The van der Waals surface area contributed by atoms with E-state index in [9.17, 15) is 18.3 Å². The highest BCUT2D eigenvalue weighted by molar-refractivity contribution is 14.2. The van der Waals surface area contributed by atoms with Gasteiger partial charge in [0.1, 0.15) is 23.3 Å². The lowest BCUT2D eigenvalue weighted by molar-refractivity contribution is -0.139. The Labute approximate surface area is 178 Å². The van der Waals surface area contributed by atoms with Gasteiger partial charge in [-0.05, 0) is 42.0 Å². The quantitative estimate of drug-likeness (QED) is 0.267. The van der Waals surface area contributed by atoms with Crippen LogP contribution >= 0.6 is 45.7 Å². The van der Waals surface area contributed by atoms with Crippen LogP contribution in [0.4, 0.5) is 0 Å². The fraction of sp³-hybridized carbons (Fsp3) is 0.133. The monoisotopic (exact) mass is 605 g/mol. The molecule has 2 aromatic rings. The van der Waals surface area contributed by atoms with Crippen molar-refractivity contribution in [1.29, 1.82) is 0 Å². The molecule has 0 fully saturated rings. The summed E-state index contributed by atoms with van der Waals surface area (Å²) >= 11 is 3.86. The summed E-state index contributed by atoms with van der Waals surface area (Å²) in [5, 5.41) is 9.21. The molecule has 0 amide bonds. The van der Waals surface area contributed by atoms with Gasteiger partial charge in [-0.3, -0.25) is 9.35 Å². The molecule has 0 radical (unpaired) electrons. The van der Waals surface area contributed by atoms with Crippen molar-refractivity contribution in [3.8, 4) is 17.2 Å². The number of nitrogens with zero attached hydrogens (tertiary/aromatic N) is 1. The molecule has 0 saturated carbocycles. The lowest BCUT2D eigenvalue weighted by atomic mass is 10.1. The molecule has 26 heavy (non-hydrogen) atoms. The normalized spacial score (nSPS) is 12.6. The van der Waals surface area contributed by atoms with Gasteiger partial charge in [0.25, 0.3) is 0 Å². The number of aliphatic carboxylic acids is 1. The van der Waals surface area contributed by atoms with Crippen molar-refractivity contribution in [3.05, 3.63) is 54.1 Å². The summed E-state index contributed by atoms with van der Waals surface area (Å²) in [7, 11) is -4.56. The summed E-state index contributed by atoms with van der Waals surface area (Å²) in [5.74, 6) is 0.0258. The van der Waals surface area contributed by atoms with Gasteiger partial charge in [0.05, 0.1) is 0 Å². The number of carboxylic acid groups (broad SMARTS) is 1. The van der Waals surface area contributed by atoms with E-state index in [1.807, 2.05) is 45.7 Å². The molecule has 2 rings (SSSR count). The first-order chi connectivity index (χ1) is 12.1.